The molecule has 1 aromatic carbocycles. The Labute approximate surface area is 90.0 Å². The highest BCUT2D eigenvalue weighted by molar-refractivity contribution is 5.85. The van der Waals surface area contributed by atoms with Crippen LogP contribution in [0.3, 0.4) is 0 Å². The molecule has 0 fully saturated rings. The smallest absolute Gasteiger partial charge is 0.327 e. The van der Waals surface area contributed by atoms with Gasteiger partial charge in [-0.2, -0.15) is 0 Å². The molecule has 1 rings (SSSR count). The van der Waals surface area contributed by atoms with Gasteiger partial charge >= 0.3 is 5.97 Å². The number of hydrogen-bond acceptors (Lipinski definition) is 1. The van der Waals surface area contributed by atoms with Gasteiger partial charge in [0.25, 0.3) is 0 Å². The Kier molecular flexibility index (Phi) is 10.2. The predicted molar refractivity (Wildman–Crippen MR) is 61.6 cm³/mol. The normalized spacial score (nSPS) is 7.14. The minimum atomic E-state index is -0.981. The summed E-state index contributed by atoms with van der Waals surface area (Å²) in [5.74, 6) is -0.981. The minimum absolute atomic E-state index is 0. The monoisotopic (exact) mass is 212 g/mol. The molecule has 0 saturated heterocycles. The van der Waals surface area contributed by atoms with Gasteiger partial charge in [-0.15, -0.1) is 12.4 Å². The maximum atomic E-state index is 9.25. The van der Waals surface area contributed by atoms with Crippen molar-refractivity contribution in [2.45, 2.75) is 0 Å². The van der Waals surface area contributed by atoms with Crippen molar-refractivity contribution in [1.82, 2.24) is 0 Å². The SMILES string of the molecule is C=CC(=O)O.C=Cc1ccccc1.Cl. The number of benzene rings is 1. The van der Waals surface area contributed by atoms with Gasteiger partial charge in [0.05, 0.1) is 0 Å². The molecule has 1 N–H and O–H groups in total. The van der Waals surface area contributed by atoms with Crippen LogP contribution in [0.4, 0.5) is 0 Å². The van der Waals surface area contributed by atoms with Gasteiger partial charge in [0.15, 0.2) is 0 Å². The average molecular weight is 213 g/mol. The zero-order valence-corrected chi connectivity index (χ0v) is 8.54. The van der Waals surface area contributed by atoms with E-state index < -0.39 is 5.97 Å². The highest BCUT2D eigenvalue weighted by Gasteiger charge is 1.75. The number of carboxylic acids is 1. The molecule has 0 bridgehead atoms. The van der Waals surface area contributed by atoms with E-state index in [-0.39, 0.29) is 12.4 Å². The van der Waals surface area contributed by atoms with Gasteiger partial charge in [-0.05, 0) is 5.56 Å². The summed E-state index contributed by atoms with van der Waals surface area (Å²) in [6.07, 6.45) is 2.67. The molecule has 0 aliphatic carbocycles. The second-order valence-corrected chi connectivity index (χ2v) is 2.16. The Morgan fingerprint density at radius 1 is 1.21 bits per heavy atom. The van der Waals surface area contributed by atoms with E-state index in [9.17, 15) is 4.79 Å². The Bertz CT molecular complexity index is 281. The van der Waals surface area contributed by atoms with Crippen LogP contribution in [0.5, 0.6) is 0 Å². The number of halogens is 1. The quantitative estimate of drug-likeness (QED) is 0.766. The Morgan fingerprint density at radius 3 is 1.86 bits per heavy atom. The highest BCUT2D eigenvalue weighted by Crippen LogP contribution is 1.97. The fraction of sp³-hybridized carbons (Fsp3) is 0. The zero-order chi connectivity index (χ0) is 10.1. The van der Waals surface area contributed by atoms with Crippen molar-refractivity contribution < 1.29 is 9.90 Å². The number of carbonyl (C=O) groups is 1. The van der Waals surface area contributed by atoms with Crippen LogP contribution >= 0.6 is 12.4 Å². The molecule has 0 aliphatic heterocycles. The van der Waals surface area contributed by atoms with Crippen LogP contribution in [-0.2, 0) is 4.79 Å². The molecule has 0 radical (unpaired) electrons. The van der Waals surface area contributed by atoms with Crippen LogP contribution in [-0.4, -0.2) is 11.1 Å². The summed E-state index contributed by atoms with van der Waals surface area (Å²) in [5.41, 5.74) is 1.17. The van der Waals surface area contributed by atoms with Gasteiger partial charge in [-0.25, -0.2) is 4.79 Å². The standard InChI is InChI=1S/C8H8.C3H4O2.ClH/c1-2-8-6-4-3-5-7-8;1-2-3(4)5;/h2-7H,1H2;2H,1H2,(H,4,5);1H. The maximum absolute atomic E-state index is 9.25. The van der Waals surface area contributed by atoms with Gasteiger partial charge in [0, 0.05) is 6.08 Å². The fourth-order valence-electron chi connectivity index (χ4n) is 0.589. The third-order valence-electron chi connectivity index (χ3n) is 1.21. The largest absolute Gasteiger partial charge is 0.478 e. The molecule has 0 heterocycles. The Balaban J connectivity index is 0. The van der Waals surface area contributed by atoms with Crippen molar-refractivity contribution in [3.63, 3.8) is 0 Å². The molecule has 0 spiro atoms. The topological polar surface area (TPSA) is 37.3 Å². The number of aliphatic carboxylic acids is 1. The van der Waals surface area contributed by atoms with Crippen molar-refractivity contribution in [3.8, 4) is 0 Å². The van der Waals surface area contributed by atoms with Gasteiger partial charge in [0.2, 0.25) is 0 Å². The molecule has 2 nitrogen and oxygen atoms in total. The van der Waals surface area contributed by atoms with Crippen LogP contribution in [0.1, 0.15) is 5.56 Å². The lowest BCUT2D eigenvalue weighted by atomic mass is 10.2. The number of carboxylic acid groups (broad SMARTS) is 1. The van der Waals surface area contributed by atoms with E-state index in [0.717, 1.165) is 6.08 Å². The Morgan fingerprint density at radius 2 is 1.64 bits per heavy atom. The molecule has 0 unspecified atom stereocenters. The second-order valence-electron chi connectivity index (χ2n) is 2.16. The van der Waals surface area contributed by atoms with Gasteiger partial charge in [0.1, 0.15) is 0 Å². The third-order valence-corrected chi connectivity index (χ3v) is 1.21. The summed E-state index contributed by atoms with van der Waals surface area (Å²) in [4.78, 5) is 9.25. The van der Waals surface area contributed by atoms with Gasteiger partial charge in [-0.3, -0.25) is 0 Å². The molecular weight excluding hydrogens is 200 g/mol. The van der Waals surface area contributed by atoms with Crippen LogP contribution in [0.15, 0.2) is 49.6 Å². The molecule has 76 valence electrons. The van der Waals surface area contributed by atoms with Crippen molar-refractivity contribution in [1.29, 1.82) is 0 Å². The van der Waals surface area contributed by atoms with E-state index >= 15 is 0 Å². The lowest BCUT2D eigenvalue weighted by Gasteiger charge is -1.85. The van der Waals surface area contributed by atoms with Crippen LogP contribution in [0.2, 0.25) is 0 Å². The number of hydrogen-bond donors (Lipinski definition) is 1. The molecule has 0 aromatic heterocycles. The predicted octanol–water partition coefficient (Wildman–Crippen LogP) is 3.01. The third kappa shape index (κ3) is 8.56. The van der Waals surface area contributed by atoms with Crippen molar-refractivity contribution in [2.75, 3.05) is 0 Å². The van der Waals surface area contributed by atoms with E-state index in [0.29, 0.717) is 0 Å². The lowest BCUT2D eigenvalue weighted by Crippen LogP contribution is -1.82. The van der Waals surface area contributed by atoms with Gasteiger partial charge < -0.3 is 5.11 Å². The highest BCUT2D eigenvalue weighted by atomic mass is 35.5. The van der Waals surface area contributed by atoms with Crippen molar-refractivity contribution in [3.05, 3.63) is 55.1 Å². The Hall–Kier alpha value is -1.54. The molecule has 0 amide bonds. The summed E-state index contributed by atoms with van der Waals surface area (Å²) in [6, 6.07) is 10.0. The van der Waals surface area contributed by atoms with Crippen LogP contribution in [0, 0.1) is 0 Å². The molecule has 0 saturated carbocycles. The van der Waals surface area contributed by atoms with Gasteiger partial charge in [-0.1, -0.05) is 49.6 Å². The van der Waals surface area contributed by atoms with E-state index in [1.165, 1.54) is 5.56 Å². The first-order valence-corrected chi connectivity index (χ1v) is 3.73. The molecule has 3 heteroatoms. The minimum Gasteiger partial charge on any atom is -0.478 e. The summed E-state index contributed by atoms with van der Waals surface area (Å²) in [7, 11) is 0. The van der Waals surface area contributed by atoms with E-state index in [1.54, 1.807) is 0 Å². The van der Waals surface area contributed by atoms with E-state index in [1.807, 2.05) is 36.4 Å². The van der Waals surface area contributed by atoms with Crippen LogP contribution < -0.4 is 0 Å². The molecule has 0 aliphatic rings. The molecular formula is C11H13ClO2. The summed E-state index contributed by atoms with van der Waals surface area (Å²) in [6.45, 7) is 6.59. The van der Waals surface area contributed by atoms with E-state index in [4.69, 9.17) is 5.11 Å². The summed E-state index contributed by atoms with van der Waals surface area (Å²) in [5, 5.41) is 7.60. The first kappa shape index (κ1) is 15.0. The first-order valence-electron chi connectivity index (χ1n) is 3.73. The second kappa shape index (κ2) is 9.55. The lowest BCUT2D eigenvalue weighted by molar-refractivity contribution is -0.131. The van der Waals surface area contributed by atoms with Crippen LogP contribution in [0.25, 0.3) is 6.08 Å². The molecule has 0 atom stereocenters. The summed E-state index contributed by atoms with van der Waals surface area (Å²) >= 11 is 0. The van der Waals surface area contributed by atoms with Crippen molar-refractivity contribution >= 4 is 24.5 Å². The fourth-order valence-corrected chi connectivity index (χ4v) is 0.589. The molecule has 14 heavy (non-hydrogen) atoms. The first-order chi connectivity index (χ1) is 6.20. The number of rotatable bonds is 2. The van der Waals surface area contributed by atoms with Crippen molar-refractivity contribution in [2.24, 2.45) is 0 Å². The van der Waals surface area contributed by atoms with E-state index in [2.05, 4.69) is 13.2 Å². The maximum Gasteiger partial charge on any atom is 0.327 e. The zero-order valence-electron chi connectivity index (χ0n) is 7.72. The summed E-state index contributed by atoms with van der Waals surface area (Å²) < 4.78 is 0. The average Bonchev–Trinajstić information content (AvgIpc) is 2.20. The molecule has 1 aromatic rings.